The second-order valence-electron chi connectivity index (χ2n) is 5.53. The first-order valence-corrected chi connectivity index (χ1v) is 8.49. The van der Waals surface area contributed by atoms with E-state index in [-0.39, 0.29) is 18.3 Å². The molecule has 1 aromatic carbocycles. The van der Waals surface area contributed by atoms with E-state index >= 15 is 0 Å². The smallest absolute Gasteiger partial charge is 0.246 e. The fraction of sp³-hybridized carbons (Fsp3) is 0.400. The predicted molar refractivity (Wildman–Crippen MR) is 97.0 cm³/mol. The highest BCUT2D eigenvalue weighted by Gasteiger charge is 2.36. The maximum atomic E-state index is 12.3. The summed E-state index contributed by atoms with van der Waals surface area (Å²) in [6.07, 6.45) is 1.63. The summed E-state index contributed by atoms with van der Waals surface area (Å²) < 4.78 is 5.25. The van der Waals surface area contributed by atoms with E-state index < -0.39 is 5.54 Å². The first-order valence-electron chi connectivity index (χ1n) is 7.30. The van der Waals surface area contributed by atoms with Crippen LogP contribution >= 0.6 is 35.3 Å². The Kier molecular flexibility index (Phi) is 6.54. The lowest BCUT2D eigenvalue weighted by Crippen LogP contribution is -2.54. The molecule has 0 unspecified atom stereocenters. The molecule has 0 atom stereocenters. The van der Waals surface area contributed by atoms with Crippen LogP contribution in [0.5, 0.6) is 0 Å². The number of rotatable bonds is 4. The summed E-state index contributed by atoms with van der Waals surface area (Å²) in [5.41, 5.74) is 6.30. The molecule has 9 heteroatoms. The van der Waals surface area contributed by atoms with Crippen LogP contribution in [-0.2, 0) is 16.0 Å². The molecule has 3 N–H and O–H groups in total. The summed E-state index contributed by atoms with van der Waals surface area (Å²) in [5.74, 6) is -0.230. The number of carbonyl (C=O) groups is 1. The summed E-state index contributed by atoms with van der Waals surface area (Å²) in [6, 6.07) is 7.58. The molecule has 2 heterocycles. The van der Waals surface area contributed by atoms with Gasteiger partial charge in [0.2, 0.25) is 11.0 Å². The maximum absolute atomic E-state index is 12.3. The second kappa shape index (κ2) is 8.22. The van der Waals surface area contributed by atoms with Crippen molar-refractivity contribution in [1.82, 2.24) is 10.2 Å². The molecule has 130 valence electrons. The van der Waals surface area contributed by atoms with Gasteiger partial charge in [0.25, 0.3) is 0 Å². The highest BCUT2D eigenvalue weighted by atomic mass is 35.5. The Balaban J connectivity index is 0.00000208. The van der Waals surface area contributed by atoms with E-state index in [4.69, 9.17) is 22.1 Å². The monoisotopic (exact) mass is 388 g/mol. The van der Waals surface area contributed by atoms with Crippen LogP contribution in [-0.4, -0.2) is 34.9 Å². The minimum atomic E-state index is -0.892. The van der Waals surface area contributed by atoms with Gasteiger partial charge in [0, 0.05) is 24.7 Å². The van der Waals surface area contributed by atoms with Gasteiger partial charge in [0.1, 0.15) is 10.5 Å². The fourth-order valence-electron chi connectivity index (χ4n) is 2.38. The number of hydrogen-bond acceptors (Lipinski definition) is 6. The molecule has 0 aliphatic carbocycles. The van der Waals surface area contributed by atoms with Crippen molar-refractivity contribution >= 4 is 46.4 Å². The third-order valence-electron chi connectivity index (χ3n) is 3.77. The lowest BCUT2D eigenvalue weighted by molar-refractivity contribution is -0.124. The second-order valence-corrected chi connectivity index (χ2v) is 7.03. The van der Waals surface area contributed by atoms with Gasteiger partial charge in [0.05, 0.1) is 0 Å². The number of benzene rings is 1. The Labute approximate surface area is 155 Å². The minimum Gasteiger partial charge on any atom is -0.381 e. The van der Waals surface area contributed by atoms with Crippen LogP contribution < -0.4 is 11.1 Å². The molecule has 6 nitrogen and oxygen atoms in total. The van der Waals surface area contributed by atoms with Crippen molar-refractivity contribution in [2.45, 2.75) is 24.8 Å². The van der Waals surface area contributed by atoms with E-state index in [2.05, 4.69) is 15.5 Å². The van der Waals surface area contributed by atoms with Crippen molar-refractivity contribution in [1.29, 1.82) is 0 Å². The normalized spacial score (nSPS) is 16.2. The number of nitrogens with one attached hydrogen (secondary N) is 1. The van der Waals surface area contributed by atoms with Gasteiger partial charge in [-0.15, -0.1) is 22.6 Å². The van der Waals surface area contributed by atoms with Crippen molar-refractivity contribution in [3.8, 4) is 0 Å². The Bertz CT molecular complexity index is 704. The van der Waals surface area contributed by atoms with Crippen LogP contribution in [0.25, 0.3) is 0 Å². The summed E-state index contributed by atoms with van der Waals surface area (Å²) in [5, 5.41) is 12.8. The van der Waals surface area contributed by atoms with E-state index in [0.717, 1.165) is 10.6 Å². The average Bonchev–Trinajstić information content (AvgIpc) is 2.95. The van der Waals surface area contributed by atoms with Gasteiger partial charge in [-0.1, -0.05) is 35.1 Å². The fourth-order valence-corrected chi connectivity index (χ4v) is 3.36. The molecule has 0 spiro atoms. The number of anilines is 1. The van der Waals surface area contributed by atoms with Crippen molar-refractivity contribution < 1.29 is 9.53 Å². The molecule has 3 rings (SSSR count). The standard InChI is InChI=1S/C15H17ClN4O2S.ClH/c16-11-3-1-2-10(8-11)9-12-19-20-14(23-12)18-13(21)15(17)4-6-22-7-5-15;/h1-3,8H,4-7,9,17H2,(H,18,20,21);1H. The zero-order valence-electron chi connectivity index (χ0n) is 12.8. The minimum absolute atomic E-state index is 0. The zero-order valence-corrected chi connectivity index (χ0v) is 15.2. The lowest BCUT2D eigenvalue weighted by Gasteiger charge is -2.31. The van der Waals surface area contributed by atoms with Crippen molar-refractivity contribution in [2.75, 3.05) is 18.5 Å². The molecule has 1 aliphatic rings. The van der Waals surface area contributed by atoms with Crippen molar-refractivity contribution in [2.24, 2.45) is 5.73 Å². The average molecular weight is 389 g/mol. The van der Waals surface area contributed by atoms with Crippen LogP contribution in [0.3, 0.4) is 0 Å². The predicted octanol–water partition coefficient (Wildman–Crippen LogP) is 2.65. The van der Waals surface area contributed by atoms with Gasteiger partial charge in [-0.05, 0) is 30.5 Å². The number of hydrogen-bond donors (Lipinski definition) is 2. The molecule has 1 aliphatic heterocycles. The van der Waals surface area contributed by atoms with E-state index in [9.17, 15) is 4.79 Å². The highest BCUT2D eigenvalue weighted by Crippen LogP contribution is 2.23. The van der Waals surface area contributed by atoms with Crippen LogP contribution in [0.2, 0.25) is 5.02 Å². The molecule has 0 radical (unpaired) electrons. The van der Waals surface area contributed by atoms with Crippen LogP contribution in [0, 0.1) is 0 Å². The first kappa shape index (κ1) is 19.1. The van der Waals surface area contributed by atoms with E-state index in [1.165, 1.54) is 11.3 Å². The molecule has 0 saturated carbocycles. The van der Waals surface area contributed by atoms with E-state index in [1.54, 1.807) is 0 Å². The Morgan fingerprint density at radius 1 is 1.38 bits per heavy atom. The lowest BCUT2D eigenvalue weighted by atomic mass is 9.90. The van der Waals surface area contributed by atoms with Crippen LogP contribution in [0.4, 0.5) is 5.13 Å². The van der Waals surface area contributed by atoms with Crippen molar-refractivity contribution in [3.05, 3.63) is 39.9 Å². The summed E-state index contributed by atoms with van der Waals surface area (Å²) in [7, 11) is 0. The van der Waals surface area contributed by atoms with Gasteiger partial charge < -0.3 is 10.5 Å². The van der Waals surface area contributed by atoms with E-state index in [0.29, 0.717) is 42.6 Å². The molecular weight excluding hydrogens is 371 g/mol. The van der Waals surface area contributed by atoms with Crippen LogP contribution in [0.1, 0.15) is 23.4 Å². The van der Waals surface area contributed by atoms with Gasteiger partial charge >= 0.3 is 0 Å². The van der Waals surface area contributed by atoms with Crippen molar-refractivity contribution in [3.63, 3.8) is 0 Å². The molecule has 2 aromatic rings. The third-order valence-corrected chi connectivity index (χ3v) is 4.84. The number of aromatic nitrogens is 2. The molecule has 1 fully saturated rings. The van der Waals surface area contributed by atoms with Gasteiger partial charge in [0.15, 0.2) is 0 Å². The maximum Gasteiger partial charge on any atom is 0.246 e. The van der Waals surface area contributed by atoms with Gasteiger partial charge in [-0.3, -0.25) is 10.1 Å². The van der Waals surface area contributed by atoms with Gasteiger partial charge in [-0.25, -0.2) is 0 Å². The van der Waals surface area contributed by atoms with Crippen LogP contribution in [0.15, 0.2) is 24.3 Å². The Morgan fingerprint density at radius 3 is 2.83 bits per heavy atom. The Hall–Kier alpha value is -1.25. The molecule has 0 bridgehead atoms. The quantitative estimate of drug-likeness (QED) is 0.839. The number of carbonyl (C=O) groups excluding carboxylic acids is 1. The van der Waals surface area contributed by atoms with Gasteiger partial charge in [-0.2, -0.15) is 0 Å². The summed E-state index contributed by atoms with van der Waals surface area (Å²) in [4.78, 5) is 12.3. The number of ether oxygens (including phenoxy) is 1. The number of nitrogens with two attached hydrogens (primary N) is 1. The van der Waals surface area contributed by atoms with E-state index in [1.807, 2.05) is 24.3 Å². The summed E-state index contributed by atoms with van der Waals surface area (Å²) in [6.45, 7) is 1.00. The molecular formula is C15H18Cl2N4O2S. The molecule has 1 saturated heterocycles. The Morgan fingerprint density at radius 2 is 2.12 bits per heavy atom. The zero-order chi connectivity index (χ0) is 16.3. The largest absolute Gasteiger partial charge is 0.381 e. The molecule has 24 heavy (non-hydrogen) atoms. The number of amides is 1. The topological polar surface area (TPSA) is 90.1 Å². The number of nitrogens with zero attached hydrogens (tertiary/aromatic N) is 2. The molecule has 1 aromatic heterocycles. The SMILES string of the molecule is Cl.NC1(C(=O)Nc2nnc(Cc3cccc(Cl)c3)s2)CCOCC1. The third kappa shape index (κ3) is 4.64. The highest BCUT2D eigenvalue weighted by molar-refractivity contribution is 7.15. The molecule has 1 amide bonds. The number of halogens is 2. The first-order chi connectivity index (χ1) is 11.0. The summed E-state index contributed by atoms with van der Waals surface area (Å²) >= 11 is 7.31.